The highest BCUT2D eigenvalue weighted by Crippen LogP contribution is 2.31. The predicted octanol–water partition coefficient (Wildman–Crippen LogP) is 2.71. The molecule has 7 heteroatoms. The summed E-state index contributed by atoms with van der Waals surface area (Å²) in [6.45, 7) is 2.10. The number of aryl methyl sites for hydroxylation is 1. The van der Waals surface area contributed by atoms with Crippen molar-refractivity contribution in [3.05, 3.63) is 58.9 Å². The van der Waals surface area contributed by atoms with Gasteiger partial charge in [0, 0.05) is 17.8 Å². The zero-order valence-electron chi connectivity index (χ0n) is 13.3. The maximum Gasteiger partial charge on any atom is 0.255 e. The van der Waals surface area contributed by atoms with Gasteiger partial charge in [0.15, 0.2) is 0 Å². The highest BCUT2D eigenvalue weighted by Gasteiger charge is 2.26. The molecule has 1 amide bonds. The maximum absolute atomic E-state index is 13.1. The Morgan fingerprint density at radius 1 is 1.21 bits per heavy atom. The van der Waals surface area contributed by atoms with Crippen molar-refractivity contribution in [2.75, 3.05) is 22.4 Å². The van der Waals surface area contributed by atoms with Gasteiger partial charge in [0.25, 0.3) is 5.91 Å². The summed E-state index contributed by atoms with van der Waals surface area (Å²) < 4.78 is 37.9. The van der Waals surface area contributed by atoms with Gasteiger partial charge in [-0.05, 0) is 60.9 Å². The topological polar surface area (TPSA) is 66.5 Å². The van der Waals surface area contributed by atoms with Crippen molar-refractivity contribution < 1.29 is 17.6 Å². The van der Waals surface area contributed by atoms with Crippen LogP contribution in [0.4, 0.5) is 15.8 Å². The molecule has 0 atom stereocenters. The number of amides is 1. The van der Waals surface area contributed by atoms with E-state index in [0.717, 1.165) is 5.56 Å². The lowest BCUT2D eigenvalue weighted by molar-refractivity contribution is 0.102. The van der Waals surface area contributed by atoms with E-state index in [4.69, 9.17) is 0 Å². The van der Waals surface area contributed by atoms with Crippen LogP contribution < -0.4 is 9.62 Å². The normalized spacial score (nSPS) is 13.7. The van der Waals surface area contributed by atoms with E-state index in [2.05, 4.69) is 5.32 Å². The first-order chi connectivity index (χ1) is 11.3. The van der Waals surface area contributed by atoms with Gasteiger partial charge in [-0.1, -0.05) is 0 Å². The molecule has 0 aliphatic carbocycles. The van der Waals surface area contributed by atoms with Gasteiger partial charge >= 0.3 is 0 Å². The molecule has 1 N–H and O–H groups in total. The fourth-order valence-corrected chi connectivity index (χ4v) is 3.78. The molecule has 0 unspecified atom stereocenters. The van der Waals surface area contributed by atoms with Crippen molar-refractivity contribution in [3.8, 4) is 0 Å². The van der Waals surface area contributed by atoms with E-state index in [9.17, 15) is 17.6 Å². The summed E-state index contributed by atoms with van der Waals surface area (Å²) in [4.78, 5) is 12.4. The maximum atomic E-state index is 13.1. The van der Waals surface area contributed by atoms with E-state index in [-0.39, 0.29) is 11.7 Å². The molecule has 1 heterocycles. The third kappa shape index (κ3) is 3.12. The lowest BCUT2D eigenvalue weighted by Crippen LogP contribution is -2.27. The Morgan fingerprint density at radius 2 is 1.96 bits per heavy atom. The van der Waals surface area contributed by atoms with Gasteiger partial charge in [-0.2, -0.15) is 0 Å². The molecule has 3 rings (SSSR count). The first-order valence-corrected chi connectivity index (χ1v) is 9.29. The van der Waals surface area contributed by atoms with E-state index < -0.39 is 10.0 Å². The molecule has 1 aliphatic rings. The van der Waals surface area contributed by atoms with Gasteiger partial charge in [-0.3, -0.25) is 9.10 Å². The van der Waals surface area contributed by atoms with Crippen LogP contribution in [0.25, 0.3) is 0 Å². The fraction of sp³-hybridized carbons (Fsp3) is 0.235. The Bertz CT molecular complexity index is 925. The van der Waals surface area contributed by atoms with Gasteiger partial charge in [0.05, 0.1) is 11.9 Å². The van der Waals surface area contributed by atoms with Crippen molar-refractivity contribution in [2.24, 2.45) is 0 Å². The minimum Gasteiger partial charge on any atom is -0.322 e. The number of sulfonamides is 1. The third-order valence-corrected chi connectivity index (χ3v) is 5.21. The minimum atomic E-state index is -3.31. The second kappa shape index (κ2) is 5.90. The van der Waals surface area contributed by atoms with Gasteiger partial charge in [0.2, 0.25) is 10.0 Å². The molecule has 1 aliphatic heterocycles. The number of hydrogen-bond acceptors (Lipinski definition) is 3. The quantitative estimate of drug-likeness (QED) is 0.927. The fourth-order valence-electron chi connectivity index (χ4n) is 2.82. The monoisotopic (exact) mass is 348 g/mol. The molecule has 2 aromatic carbocycles. The summed E-state index contributed by atoms with van der Waals surface area (Å²) in [5.74, 6) is -0.672. The average molecular weight is 348 g/mol. The second-order valence-electron chi connectivity index (χ2n) is 5.84. The molecule has 0 saturated carbocycles. The third-order valence-electron chi connectivity index (χ3n) is 4.03. The summed E-state index contributed by atoms with van der Waals surface area (Å²) in [5.41, 5.74) is 3.05. The molecule has 0 aromatic heterocycles. The molecule has 0 fully saturated rings. The summed E-state index contributed by atoms with van der Waals surface area (Å²) >= 11 is 0. The Morgan fingerprint density at radius 3 is 2.62 bits per heavy atom. The number of anilines is 2. The zero-order valence-corrected chi connectivity index (χ0v) is 14.2. The van der Waals surface area contributed by atoms with E-state index >= 15 is 0 Å². The van der Waals surface area contributed by atoms with Crippen LogP contribution in [0.15, 0.2) is 36.4 Å². The predicted molar refractivity (Wildman–Crippen MR) is 91.4 cm³/mol. The minimum absolute atomic E-state index is 0.315. The summed E-state index contributed by atoms with van der Waals surface area (Å²) in [5, 5.41) is 2.75. The standard InChI is InChI=1S/C17H17FN2O3S/c1-11-9-14(18)4-5-15(11)19-17(21)13-3-6-16-12(10-13)7-8-20(16)24(2,22)23/h3-6,9-10H,7-8H2,1-2H3,(H,19,21). The Kier molecular flexibility index (Phi) is 4.04. The van der Waals surface area contributed by atoms with Crippen LogP contribution in [0.2, 0.25) is 0 Å². The van der Waals surface area contributed by atoms with Crippen LogP contribution in [0, 0.1) is 12.7 Å². The van der Waals surface area contributed by atoms with Crippen molar-refractivity contribution >= 4 is 27.3 Å². The van der Waals surface area contributed by atoms with Crippen LogP contribution >= 0.6 is 0 Å². The molecule has 0 saturated heterocycles. The average Bonchev–Trinajstić information content (AvgIpc) is 2.93. The molecule has 0 spiro atoms. The van der Waals surface area contributed by atoms with E-state index in [1.54, 1.807) is 25.1 Å². The lowest BCUT2D eigenvalue weighted by atomic mass is 10.1. The molecular formula is C17H17FN2O3S. The van der Waals surface area contributed by atoms with Crippen LogP contribution in [0.5, 0.6) is 0 Å². The number of rotatable bonds is 3. The smallest absolute Gasteiger partial charge is 0.255 e. The SMILES string of the molecule is Cc1cc(F)ccc1NC(=O)c1ccc2c(c1)CCN2S(C)(=O)=O. The van der Waals surface area contributed by atoms with E-state index in [1.807, 2.05) is 0 Å². The van der Waals surface area contributed by atoms with Crippen molar-refractivity contribution in [1.29, 1.82) is 0 Å². The molecule has 126 valence electrons. The lowest BCUT2D eigenvalue weighted by Gasteiger charge is -2.16. The second-order valence-corrected chi connectivity index (χ2v) is 7.75. The summed E-state index contributed by atoms with van der Waals surface area (Å²) in [6, 6.07) is 9.10. The van der Waals surface area contributed by atoms with Crippen LogP contribution in [-0.2, 0) is 16.4 Å². The number of nitrogens with one attached hydrogen (secondary N) is 1. The summed E-state index contributed by atoms with van der Waals surface area (Å²) in [6.07, 6.45) is 1.74. The number of fused-ring (bicyclic) bond motifs is 1. The molecular weight excluding hydrogens is 331 g/mol. The number of carbonyl (C=O) groups excluding carboxylic acids is 1. The van der Waals surface area contributed by atoms with Crippen LogP contribution in [-0.4, -0.2) is 27.1 Å². The van der Waals surface area contributed by atoms with Gasteiger partial charge < -0.3 is 5.32 Å². The van der Waals surface area contributed by atoms with Crippen molar-refractivity contribution in [3.63, 3.8) is 0 Å². The molecule has 24 heavy (non-hydrogen) atoms. The number of benzene rings is 2. The molecule has 5 nitrogen and oxygen atoms in total. The first-order valence-electron chi connectivity index (χ1n) is 7.44. The van der Waals surface area contributed by atoms with E-state index in [1.165, 1.54) is 28.8 Å². The number of nitrogens with zero attached hydrogens (tertiary/aromatic N) is 1. The summed E-state index contributed by atoms with van der Waals surface area (Å²) in [7, 11) is -3.31. The number of hydrogen-bond donors (Lipinski definition) is 1. The van der Waals surface area contributed by atoms with E-state index in [0.29, 0.717) is 35.5 Å². The molecule has 0 radical (unpaired) electrons. The Labute approximate surface area is 140 Å². The van der Waals surface area contributed by atoms with Gasteiger partial charge in [-0.25, -0.2) is 12.8 Å². The van der Waals surface area contributed by atoms with Crippen LogP contribution in [0.3, 0.4) is 0 Å². The highest BCUT2D eigenvalue weighted by molar-refractivity contribution is 7.92. The van der Waals surface area contributed by atoms with Crippen molar-refractivity contribution in [1.82, 2.24) is 0 Å². The Hall–Kier alpha value is -2.41. The van der Waals surface area contributed by atoms with Crippen molar-refractivity contribution in [2.45, 2.75) is 13.3 Å². The van der Waals surface area contributed by atoms with Gasteiger partial charge in [0.1, 0.15) is 5.82 Å². The molecule has 0 bridgehead atoms. The number of halogens is 1. The molecule has 2 aromatic rings. The Balaban J connectivity index is 1.85. The number of carbonyl (C=O) groups is 1. The zero-order chi connectivity index (χ0) is 17.5. The first kappa shape index (κ1) is 16.4. The van der Waals surface area contributed by atoms with Gasteiger partial charge in [-0.15, -0.1) is 0 Å². The van der Waals surface area contributed by atoms with Crippen LogP contribution in [0.1, 0.15) is 21.5 Å². The highest BCUT2D eigenvalue weighted by atomic mass is 32.2. The largest absolute Gasteiger partial charge is 0.322 e.